The summed E-state index contributed by atoms with van der Waals surface area (Å²) in [6, 6.07) is 2.99. The summed E-state index contributed by atoms with van der Waals surface area (Å²) in [5.74, 6) is -0.661. The van der Waals surface area contributed by atoms with Crippen molar-refractivity contribution in [2.24, 2.45) is 0 Å². The smallest absolute Gasteiger partial charge is 0.160 e. The van der Waals surface area contributed by atoms with Crippen LogP contribution in [0.15, 0.2) is 12.1 Å². The molecule has 0 fully saturated rings. The zero-order valence-corrected chi connectivity index (χ0v) is 9.15. The minimum absolute atomic E-state index is 0.0485. The Bertz CT molecular complexity index is 372. The zero-order chi connectivity index (χ0) is 10.9. The fourth-order valence-electron chi connectivity index (χ4n) is 1.44. The van der Waals surface area contributed by atoms with Crippen molar-refractivity contribution >= 4 is 17.4 Å². The van der Waals surface area contributed by atoms with Crippen LogP contribution in [-0.4, -0.2) is 5.78 Å². The topological polar surface area (TPSA) is 17.1 Å². The Morgan fingerprint density at radius 2 is 2.00 bits per heavy atom. The van der Waals surface area contributed by atoms with Crippen LogP contribution in [-0.2, 0) is 0 Å². The van der Waals surface area contributed by atoms with Crippen molar-refractivity contribution in [1.29, 1.82) is 0 Å². The first-order valence-corrected chi connectivity index (χ1v) is 4.81. The molecule has 0 aromatic heterocycles. The normalized spacial score (nSPS) is 10.7. The minimum Gasteiger partial charge on any atom is -0.294 e. The summed E-state index contributed by atoms with van der Waals surface area (Å²) < 4.78 is 13.6. The molecule has 0 saturated carbocycles. The molecule has 1 aromatic carbocycles. The van der Waals surface area contributed by atoms with Gasteiger partial charge >= 0.3 is 0 Å². The molecule has 0 aliphatic rings. The maximum absolute atomic E-state index is 13.6. The van der Waals surface area contributed by atoms with Gasteiger partial charge in [0.05, 0.1) is 5.02 Å². The van der Waals surface area contributed by atoms with Crippen LogP contribution in [0.4, 0.5) is 4.39 Å². The van der Waals surface area contributed by atoms with Crippen LogP contribution in [0.3, 0.4) is 0 Å². The molecule has 0 spiro atoms. The third-order valence-electron chi connectivity index (χ3n) is 2.09. The second-order valence-electron chi connectivity index (χ2n) is 3.53. The molecule has 1 rings (SSSR count). The van der Waals surface area contributed by atoms with Gasteiger partial charge < -0.3 is 0 Å². The van der Waals surface area contributed by atoms with Crippen LogP contribution in [0.1, 0.15) is 42.6 Å². The lowest BCUT2D eigenvalue weighted by Gasteiger charge is -2.12. The fraction of sp³-hybridized carbons (Fsp3) is 0.364. The van der Waals surface area contributed by atoms with E-state index in [9.17, 15) is 9.18 Å². The second-order valence-corrected chi connectivity index (χ2v) is 3.94. The van der Waals surface area contributed by atoms with Crippen LogP contribution in [0.25, 0.3) is 0 Å². The van der Waals surface area contributed by atoms with Gasteiger partial charge in [-0.3, -0.25) is 4.79 Å². The van der Waals surface area contributed by atoms with Crippen molar-refractivity contribution in [2.45, 2.75) is 26.7 Å². The summed E-state index contributed by atoms with van der Waals surface area (Å²) in [5.41, 5.74) is 0.826. The minimum atomic E-state index is -0.477. The lowest BCUT2D eigenvalue weighted by atomic mass is 9.94. The van der Waals surface area contributed by atoms with Crippen LogP contribution in [0.5, 0.6) is 0 Å². The Morgan fingerprint density at radius 1 is 1.43 bits per heavy atom. The highest BCUT2D eigenvalue weighted by atomic mass is 35.5. The maximum Gasteiger partial charge on any atom is 0.160 e. The molecule has 1 nitrogen and oxygen atoms in total. The molecule has 0 saturated heterocycles. The summed E-state index contributed by atoms with van der Waals surface area (Å²) in [6.07, 6.45) is 0. The van der Waals surface area contributed by atoms with Gasteiger partial charge in [0.25, 0.3) is 0 Å². The third-order valence-corrected chi connectivity index (χ3v) is 2.38. The molecule has 3 heteroatoms. The van der Waals surface area contributed by atoms with Crippen molar-refractivity contribution in [2.75, 3.05) is 0 Å². The lowest BCUT2D eigenvalue weighted by Crippen LogP contribution is -2.04. The molecule has 0 atom stereocenters. The molecule has 76 valence electrons. The molecule has 0 heterocycles. The Hall–Kier alpha value is -0.890. The van der Waals surface area contributed by atoms with E-state index in [0.717, 1.165) is 0 Å². The Labute approximate surface area is 87.9 Å². The summed E-state index contributed by atoms with van der Waals surface area (Å²) >= 11 is 5.65. The highest BCUT2D eigenvalue weighted by Crippen LogP contribution is 2.28. The standard InChI is InChI=1S/C11H12ClFO/c1-6(2)10-8(7(3)14)4-5-9(12)11(10)13/h4-6H,1-3H3. The molecule has 0 N–H and O–H groups in total. The number of carbonyl (C=O) groups is 1. The zero-order valence-electron chi connectivity index (χ0n) is 8.40. The Morgan fingerprint density at radius 3 is 2.43 bits per heavy atom. The van der Waals surface area contributed by atoms with Gasteiger partial charge in [-0.15, -0.1) is 0 Å². The predicted molar refractivity (Wildman–Crippen MR) is 55.5 cm³/mol. The van der Waals surface area contributed by atoms with E-state index in [1.165, 1.54) is 13.0 Å². The van der Waals surface area contributed by atoms with E-state index in [-0.39, 0.29) is 16.7 Å². The van der Waals surface area contributed by atoms with Crippen molar-refractivity contribution in [1.82, 2.24) is 0 Å². The van der Waals surface area contributed by atoms with E-state index >= 15 is 0 Å². The largest absolute Gasteiger partial charge is 0.294 e. The first-order valence-electron chi connectivity index (χ1n) is 4.44. The molecular weight excluding hydrogens is 203 g/mol. The average molecular weight is 215 g/mol. The third kappa shape index (κ3) is 1.95. The van der Waals surface area contributed by atoms with Crippen LogP contribution < -0.4 is 0 Å². The van der Waals surface area contributed by atoms with E-state index in [2.05, 4.69) is 0 Å². The highest BCUT2D eigenvalue weighted by molar-refractivity contribution is 6.31. The number of ketones is 1. The molecule has 0 unspecified atom stereocenters. The van der Waals surface area contributed by atoms with Crippen LogP contribution >= 0.6 is 11.6 Å². The van der Waals surface area contributed by atoms with Gasteiger partial charge in [-0.25, -0.2) is 4.39 Å². The second kappa shape index (κ2) is 4.09. The average Bonchev–Trinajstić information content (AvgIpc) is 2.08. The molecule has 0 aliphatic heterocycles. The number of benzene rings is 1. The molecule has 0 bridgehead atoms. The van der Waals surface area contributed by atoms with Gasteiger partial charge in [0.15, 0.2) is 5.78 Å². The summed E-state index contributed by atoms with van der Waals surface area (Å²) in [5, 5.41) is 0.0682. The Kier molecular flexibility index (Phi) is 3.27. The van der Waals surface area contributed by atoms with Crippen molar-refractivity contribution in [3.63, 3.8) is 0 Å². The van der Waals surface area contributed by atoms with Crippen LogP contribution in [0.2, 0.25) is 5.02 Å². The van der Waals surface area contributed by atoms with E-state index in [0.29, 0.717) is 11.1 Å². The molecular formula is C11H12ClFO. The monoisotopic (exact) mass is 214 g/mol. The molecule has 0 aliphatic carbocycles. The highest BCUT2D eigenvalue weighted by Gasteiger charge is 2.17. The van der Waals surface area contributed by atoms with E-state index in [1.807, 2.05) is 13.8 Å². The van der Waals surface area contributed by atoms with Crippen molar-refractivity contribution < 1.29 is 9.18 Å². The molecule has 14 heavy (non-hydrogen) atoms. The molecule has 0 radical (unpaired) electrons. The Balaban J connectivity index is 3.45. The quantitative estimate of drug-likeness (QED) is 0.685. The molecule has 0 amide bonds. The number of halogens is 2. The fourth-order valence-corrected chi connectivity index (χ4v) is 1.60. The number of hydrogen-bond donors (Lipinski definition) is 0. The number of hydrogen-bond acceptors (Lipinski definition) is 1. The number of carbonyl (C=O) groups excluding carboxylic acids is 1. The van der Waals surface area contributed by atoms with Gasteiger partial charge in [-0.05, 0) is 25.0 Å². The number of rotatable bonds is 2. The SMILES string of the molecule is CC(=O)c1ccc(Cl)c(F)c1C(C)C. The van der Waals surface area contributed by atoms with Crippen molar-refractivity contribution in [3.8, 4) is 0 Å². The van der Waals surface area contributed by atoms with Gasteiger partial charge in [-0.2, -0.15) is 0 Å². The van der Waals surface area contributed by atoms with Crippen LogP contribution in [0, 0.1) is 5.82 Å². The van der Waals surface area contributed by atoms with Crippen molar-refractivity contribution in [3.05, 3.63) is 34.1 Å². The van der Waals surface area contributed by atoms with E-state index in [4.69, 9.17) is 11.6 Å². The van der Waals surface area contributed by atoms with E-state index in [1.54, 1.807) is 6.07 Å². The number of Topliss-reactive ketones (excluding diaryl/α,β-unsaturated/α-hetero) is 1. The maximum atomic E-state index is 13.6. The first-order chi connectivity index (χ1) is 6.45. The van der Waals surface area contributed by atoms with Gasteiger partial charge in [0.2, 0.25) is 0 Å². The summed E-state index contributed by atoms with van der Waals surface area (Å²) in [7, 11) is 0. The van der Waals surface area contributed by atoms with Gasteiger partial charge in [0.1, 0.15) is 5.82 Å². The summed E-state index contributed by atoms with van der Waals surface area (Å²) in [6.45, 7) is 5.09. The lowest BCUT2D eigenvalue weighted by molar-refractivity contribution is 0.101. The predicted octanol–water partition coefficient (Wildman–Crippen LogP) is 3.81. The van der Waals surface area contributed by atoms with E-state index < -0.39 is 5.82 Å². The first kappa shape index (κ1) is 11.2. The van der Waals surface area contributed by atoms with Gasteiger partial charge in [-0.1, -0.05) is 25.4 Å². The summed E-state index contributed by atoms with van der Waals surface area (Å²) in [4.78, 5) is 11.2. The molecule has 1 aromatic rings. The van der Waals surface area contributed by atoms with Gasteiger partial charge in [0, 0.05) is 11.1 Å².